The lowest BCUT2D eigenvalue weighted by molar-refractivity contribution is -0.137. The second kappa shape index (κ2) is 7.14. The van der Waals surface area contributed by atoms with E-state index in [1.807, 2.05) is 13.8 Å². The highest BCUT2D eigenvalue weighted by Crippen LogP contribution is 2.43. The van der Waals surface area contributed by atoms with Crippen molar-refractivity contribution in [1.29, 1.82) is 0 Å². The first kappa shape index (κ1) is 17.1. The quantitative estimate of drug-likeness (QED) is 0.656. The van der Waals surface area contributed by atoms with Crippen LogP contribution in [0.25, 0.3) is 0 Å². The Morgan fingerprint density at radius 2 is 1.43 bits per heavy atom. The van der Waals surface area contributed by atoms with Gasteiger partial charge in [0.2, 0.25) is 0 Å². The summed E-state index contributed by atoms with van der Waals surface area (Å²) in [5.74, 6) is 0. The summed E-state index contributed by atoms with van der Waals surface area (Å²) in [7, 11) is 0. The van der Waals surface area contributed by atoms with E-state index in [4.69, 9.17) is 0 Å². The van der Waals surface area contributed by atoms with Gasteiger partial charge in [-0.25, -0.2) is 0 Å². The maximum Gasteiger partial charge on any atom is 0.416 e. The number of halogens is 3. The zero-order valence-corrected chi connectivity index (χ0v) is 11.8. The van der Waals surface area contributed by atoms with Crippen molar-refractivity contribution in [2.75, 3.05) is 18.0 Å². The van der Waals surface area contributed by atoms with Gasteiger partial charge in [-0.05, 0) is 35.3 Å². The number of anilines is 1. The van der Waals surface area contributed by atoms with Crippen molar-refractivity contribution in [3.05, 3.63) is 27.5 Å². The molecule has 0 N–H and O–H groups in total. The smallest absolute Gasteiger partial charge is 0.368 e. The molecule has 1 aromatic carbocycles. The predicted octanol–water partition coefficient (Wildman–Crippen LogP) is 5.13. The number of nitrogens with zero attached hydrogens (tertiary/aromatic N) is 3. The largest absolute Gasteiger partial charge is 0.416 e. The summed E-state index contributed by atoms with van der Waals surface area (Å²) in [4.78, 5) is 23.5. The van der Waals surface area contributed by atoms with Gasteiger partial charge in [-0.3, -0.25) is 0 Å². The molecule has 8 heteroatoms. The van der Waals surface area contributed by atoms with E-state index < -0.39 is 23.1 Å². The van der Waals surface area contributed by atoms with Crippen LogP contribution in [0.4, 0.5) is 30.2 Å². The van der Waals surface area contributed by atoms with Crippen LogP contribution in [0.2, 0.25) is 0 Å². The molecule has 0 fully saturated rings. The molecule has 1 rings (SSSR count). The molecule has 0 spiro atoms. The molecule has 0 bridgehead atoms. The van der Waals surface area contributed by atoms with Gasteiger partial charge in [0.15, 0.2) is 0 Å². The van der Waals surface area contributed by atoms with Crippen LogP contribution in [-0.2, 0) is 6.18 Å². The lowest BCUT2D eigenvalue weighted by Crippen LogP contribution is -2.25. The molecule has 0 atom stereocenters. The normalized spacial score (nSPS) is 11.3. The summed E-state index contributed by atoms with van der Waals surface area (Å²) >= 11 is 0. The van der Waals surface area contributed by atoms with Crippen molar-refractivity contribution in [3.63, 3.8) is 0 Å². The van der Waals surface area contributed by atoms with Crippen molar-refractivity contribution in [3.8, 4) is 0 Å². The lowest BCUT2D eigenvalue weighted by atomic mass is 10.1. The molecule has 21 heavy (non-hydrogen) atoms. The van der Waals surface area contributed by atoms with Crippen molar-refractivity contribution < 1.29 is 13.2 Å². The molecular weight excluding hydrogens is 287 g/mol. The molecule has 0 saturated heterocycles. The van der Waals surface area contributed by atoms with Crippen LogP contribution in [0.3, 0.4) is 0 Å². The van der Waals surface area contributed by atoms with Gasteiger partial charge in [0, 0.05) is 13.1 Å². The first-order valence-corrected chi connectivity index (χ1v) is 6.55. The molecule has 5 nitrogen and oxygen atoms in total. The second-order valence-corrected chi connectivity index (χ2v) is 4.53. The van der Waals surface area contributed by atoms with E-state index in [9.17, 15) is 23.0 Å². The van der Waals surface area contributed by atoms with Crippen LogP contribution in [0, 0.1) is 9.81 Å². The van der Waals surface area contributed by atoms with Crippen LogP contribution in [0.5, 0.6) is 0 Å². The Morgan fingerprint density at radius 1 is 1.00 bits per heavy atom. The molecule has 0 aromatic heterocycles. The fourth-order valence-electron chi connectivity index (χ4n) is 2.11. The molecule has 0 amide bonds. The van der Waals surface area contributed by atoms with Crippen LogP contribution in [0.15, 0.2) is 22.5 Å². The Balaban J connectivity index is 3.48. The summed E-state index contributed by atoms with van der Waals surface area (Å²) in [5, 5.41) is 5.30. The molecule has 0 radical (unpaired) electrons. The minimum absolute atomic E-state index is 0.0664. The highest BCUT2D eigenvalue weighted by atomic mass is 19.4. The van der Waals surface area contributed by atoms with Crippen LogP contribution in [-0.4, -0.2) is 13.1 Å². The average Bonchev–Trinajstić information content (AvgIpc) is 2.44. The van der Waals surface area contributed by atoms with Gasteiger partial charge in [0.25, 0.3) is 0 Å². The van der Waals surface area contributed by atoms with Crippen molar-refractivity contribution >= 4 is 17.1 Å². The van der Waals surface area contributed by atoms with Gasteiger partial charge in [-0.2, -0.15) is 13.2 Å². The van der Waals surface area contributed by atoms with Crippen LogP contribution >= 0.6 is 0 Å². The fraction of sp³-hybridized carbons (Fsp3) is 0.538. The summed E-state index contributed by atoms with van der Waals surface area (Å²) in [6.45, 7) is 4.75. The molecule has 0 unspecified atom stereocenters. The molecule has 0 aliphatic rings. The molecular formula is C13H16F3N3O2. The Hall–Kier alpha value is -1.99. The van der Waals surface area contributed by atoms with Crippen molar-refractivity contribution in [1.82, 2.24) is 0 Å². The molecule has 0 aliphatic heterocycles. The Kier molecular flexibility index (Phi) is 5.80. The Bertz CT molecular complexity index is 483. The van der Waals surface area contributed by atoms with E-state index in [0.717, 1.165) is 0 Å². The van der Waals surface area contributed by atoms with E-state index >= 15 is 0 Å². The van der Waals surface area contributed by atoms with Crippen LogP contribution in [0.1, 0.15) is 32.3 Å². The van der Waals surface area contributed by atoms with Gasteiger partial charge >= 0.3 is 6.18 Å². The third kappa shape index (κ3) is 3.99. The highest BCUT2D eigenvalue weighted by molar-refractivity contribution is 5.81. The number of nitroso groups, excluding NO2 is 2. The summed E-state index contributed by atoms with van der Waals surface area (Å²) in [6.07, 6.45) is -3.26. The van der Waals surface area contributed by atoms with E-state index in [2.05, 4.69) is 10.4 Å². The summed E-state index contributed by atoms with van der Waals surface area (Å²) < 4.78 is 38.2. The van der Waals surface area contributed by atoms with E-state index in [-0.39, 0.29) is 5.69 Å². The number of rotatable bonds is 7. The Morgan fingerprint density at radius 3 is 1.71 bits per heavy atom. The zero-order chi connectivity index (χ0) is 16.0. The monoisotopic (exact) mass is 303 g/mol. The highest BCUT2D eigenvalue weighted by Gasteiger charge is 2.33. The number of alkyl halides is 3. The van der Waals surface area contributed by atoms with Gasteiger partial charge in [-0.15, -0.1) is 9.81 Å². The van der Waals surface area contributed by atoms with Crippen molar-refractivity contribution in [2.24, 2.45) is 10.4 Å². The Labute approximate surface area is 120 Å². The molecule has 0 saturated carbocycles. The van der Waals surface area contributed by atoms with Gasteiger partial charge in [0.1, 0.15) is 11.4 Å². The van der Waals surface area contributed by atoms with E-state index in [0.29, 0.717) is 38.1 Å². The predicted molar refractivity (Wildman–Crippen MR) is 75.1 cm³/mol. The number of hydrogen-bond acceptors (Lipinski definition) is 5. The first-order valence-electron chi connectivity index (χ1n) is 6.55. The third-order valence-corrected chi connectivity index (χ3v) is 2.90. The first-order chi connectivity index (χ1) is 9.88. The zero-order valence-electron chi connectivity index (χ0n) is 11.8. The van der Waals surface area contributed by atoms with Crippen molar-refractivity contribution in [2.45, 2.75) is 32.9 Å². The van der Waals surface area contributed by atoms with Gasteiger partial charge in [0.05, 0.1) is 11.3 Å². The topological polar surface area (TPSA) is 62.1 Å². The maximum atomic E-state index is 12.7. The molecule has 116 valence electrons. The number of hydrogen-bond donors (Lipinski definition) is 0. The molecule has 0 heterocycles. The summed E-state index contributed by atoms with van der Waals surface area (Å²) in [6, 6.07) is 1.30. The molecule has 0 aliphatic carbocycles. The van der Waals surface area contributed by atoms with Gasteiger partial charge < -0.3 is 4.90 Å². The second-order valence-electron chi connectivity index (χ2n) is 4.53. The average molecular weight is 303 g/mol. The van der Waals surface area contributed by atoms with Gasteiger partial charge in [-0.1, -0.05) is 13.8 Å². The number of benzene rings is 1. The van der Waals surface area contributed by atoms with E-state index in [1.165, 1.54) is 0 Å². The minimum atomic E-state index is -4.67. The minimum Gasteiger partial charge on any atom is -0.368 e. The fourth-order valence-corrected chi connectivity index (χ4v) is 2.11. The van der Waals surface area contributed by atoms with Crippen LogP contribution < -0.4 is 4.90 Å². The lowest BCUT2D eigenvalue weighted by Gasteiger charge is -2.25. The SMILES string of the molecule is CCCN(CCC)c1c(N=O)cc(C(F)(F)F)cc1N=O. The van der Waals surface area contributed by atoms with E-state index in [1.54, 1.807) is 4.90 Å². The third-order valence-electron chi connectivity index (χ3n) is 2.90. The molecule has 1 aromatic rings. The standard InChI is InChI=1S/C13H16F3N3O2/c1-3-5-19(6-4-2)12-10(17-20)7-9(13(14,15)16)8-11(12)18-21/h7-8H,3-6H2,1-2H3. The summed E-state index contributed by atoms with van der Waals surface area (Å²) in [5.41, 5.74) is -1.87. The maximum absolute atomic E-state index is 12.7.